The van der Waals surface area contributed by atoms with Gasteiger partial charge in [0.25, 0.3) is 5.91 Å². The van der Waals surface area contributed by atoms with Gasteiger partial charge in [-0.05, 0) is 37.1 Å². The highest BCUT2D eigenvalue weighted by Crippen LogP contribution is 2.23. The Labute approximate surface area is 178 Å². The number of hydrogen-bond donors (Lipinski definition) is 1. The molecule has 0 unspecified atom stereocenters. The molecule has 2 amide bonds. The lowest BCUT2D eigenvalue weighted by atomic mass is 9.95. The molecule has 1 fully saturated rings. The van der Waals surface area contributed by atoms with E-state index >= 15 is 0 Å². The van der Waals surface area contributed by atoms with E-state index in [9.17, 15) is 9.59 Å². The number of carbonyl (C=O) groups is 2. The van der Waals surface area contributed by atoms with Crippen LogP contribution in [0.15, 0.2) is 47.6 Å². The van der Waals surface area contributed by atoms with E-state index in [1.54, 1.807) is 47.4 Å². The quantitative estimate of drug-likeness (QED) is 0.558. The van der Waals surface area contributed by atoms with E-state index in [1.807, 2.05) is 0 Å². The average molecular weight is 439 g/mol. The molecule has 0 aromatic heterocycles. The van der Waals surface area contributed by atoms with Crippen LogP contribution >= 0.6 is 34.8 Å². The van der Waals surface area contributed by atoms with Crippen LogP contribution in [0.4, 0.5) is 0 Å². The molecular weight excluding hydrogens is 421 g/mol. The number of amides is 2. The van der Waals surface area contributed by atoms with Gasteiger partial charge in [-0.3, -0.25) is 9.59 Å². The molecule has 1 saturated heterocycles. The minimum absolute atomic E-state index is 0.111. The average Bonchev–Trinajstić information content (AvgIpc) is 2.69. The summed E-state index contributed by atoms with van der Waals surface area (Å²) < 4.78 is 0. The molecule has 146 valence electrons. The molecule has 0 spiro atoms. The first-order valence-corrected chi connectivity index (χ1v) is 9.91. The van der Waals surface area contributed by atoms with Gasteiger partial charge in [-0.1, -0.05) is 53.0 Å². The van der Waals surface area contributed by atoms with Gasteiger partial charge in [-0.15, -0.1) is 0 Å². The lowest BCUT2D eigenvalue weighted by Gasteiger charge is -2.31. The summed E-state index contributed by atoms with van der Waals surface area (Å²) in [7, 11) is 0. The summed E-state index contributed by atoms with van der Waals surface area (Å²) in [4.78, 5) is 26.6. The van der Waals surface area contributed by atoms with Gasteiger partial charge in [0.1, 0.15) is 0 Å². The Kier molecular flexibility index (Phi) is 6.94. The van der Waals surface area contributed by atoms with Crippen molar-refractivity contribution >= 4 is 52.8 Å². The first kappa shape index (κ1) is 20.6. The van der Waals surface area contributed by atoms with E-state index in [0.29, 0.717) is 52.1 Å². The normalized spacial score (nSPS) is 15.0. The zero-order valence-electron chi connectivity index (χ0n) is 14.9. The van der Waals surface area contributed by atoms with Gasteiger partial charge in [0.2, 0.25) is 5.91 Å². The van der Waals surface area contributed by atoms with Crippen LogP contribution < -0.4 is 5.43 Å². The van der Waals surface area contributed by atoms with Gasteiger partial charge in [0, 0.05) is 29.6 Å². The largest absolute Gasteiger partial charge is 0.339 e. The zero-order valence-corrected chi connectivity index (χ0v) is 17.1. The van der Waals surface area contributed by atoms with Crippen LogP contribution in [-0.2, 0) is 4.79 Å². The molecule has 0 radical (unpaired) electrons. The van der Waals surface area contributed by atoms with Crippen molar-refractivity contribution in [3.8, 4) is 0 Å². The summed E-state index contributed by atoms with van der Waals surface area (Å²) in [6.45, 7) is 0.990. The van der Waals surface area contributed by atoms with Crippen molar-refractivity contribution in [3.63, 3.8) is 0 Å². The van der Waals surface area contributed by atoms with Gasteiger partial charge in [-0.2, -0.15) is 5.10 Å². The Hall–Kier alpha value is -2.08. The molecule has 1 aliphatic rings. The van der Waals surface area contributed by atoms with Crippen LogP contribution in [0.3, 0.4) is 0 Å². The highest BCUT2D eigenvalue weighted by atomic mass is 35.5. The maximum Gasteiger partial charge on any atom is 0.255 e. The van der Waals surface area contributed by atoms with Crippen LogP contribution in [0, 0.1) is 5.92 Å². The molecule has 5 nitrogen and oxygen atoms in total. The van der Waals surface area contributed by atoms with E-state index in [0.717, 1.165) is 0 Å². The Morgan fingerprint density at radius 3 is 2.43 bits per heavy atom. The Bertz CT molecular complexity index is 909. The van der Waals surface area contributed by atoms with Crippen molar-refractivity contribution < 1.29 is 9.59 Å². The van der Waals surface area contributed by atoms with E-state index in [4.69, 9.17) is 34.8 Å². The predicted octanol–water partition coefficient (Wildman–Crippen LogP) is 4.65. The lowest BCUT2D eigenvalue weighted by Crippen LogP contribution is -2.42. The van der Waals surface area contributed by atoms with Crippen LogP contribution in [0.1, 0.15) is 28.8 Å². The van der Waals surface area contributed by atoms with Crippen LogP contribution in [-0.4, -0.2) is 36.0 Å². The number of piperidine rings is 1. The summed E-state index contributed by atoms with van der Waals surface area (Å²) in [5, 5.41) is 5.39. The number of benzene rings is 2. The molecule has 28 heavy (non-hydrogen) atoms. The maximum atomic E-state index is 12.6. The summed E-state index contributed by atoms with van der Waals surface area (Å²) in [5.41, 5.74) is 3.68. The molecule has 0 bridgehead atoms. The molecule has 0 atom stereocenters. The number of hydrazone groups is 1. The first-order valence-electron chi connectivity index (χ1n) is 8.77. The minimum atomic E-state index is -0.201. The molecule has 0 saturated carbocycles. The molecule has 8 heteroatoms. The topological polar surface area (TPSA) is 61.8 Å². The van der Waals surface area contributed by atoms with Gasteiger partial charge in [0.15, 0.2) is 0 Å². The number of nitrogens with one attached hydrogen (secondary N) is 1. The third-order valence-corrected chi connectivity index (χ3v) is 5.49. The lowest BCUT2D eigenvalue weighted by molar-refractivity contribution is -0.126. The van der Waals surface area contributed by atoms with Crippen LogP contribution in [0.2, 0.25) is 15.1 Å². The summed E-state index contributed by atoms with van der Waals surface area (Å²) in [6.07, 6.45) is 2.62. The molecule has 3 rings (SSSR count). The number of rotatable bonds is 4. The molecule has 2 aromatic carbocycles. The molecular formula is C20H18Cl3N3O2. The predicted molar refractivity (Wildman–Crippen MR) is 112 cm³/mol. The number of likely N-dealkylation sites (tertiary alicyclic amines) is 1. The van der Waals surface area contributed by atoms with Gasteiger partial charge < -0.3 is 4.90 Å². The van der Waals surface area contributed by atoms with Crippen molar-refractivity contribution in [2.24, 2.45) is 11.0 Å². The van der Waals surface area contributed by atoms with Gasteiger partial charge >= 0.3 is 0 Å². The van der Waals surface area contributed by atoms with Crippen LogP contribution in [0.5, 0.6) is 0 Å². The summed E-state index contributed by atoms with van der Waals surface area (Å²) in [6, 6.07) is 12.0. The summed E-state index contributed by atoms with van der Waals surface area (Å²) in [5.74, 6) is -0.487. The van der Waals surface area contributed by atoms with Gasteiger partial charge in [-0.25, -0.2) is 5.43 Å². The summed E-state index contributed by atoms with van der Waals surface area (Å²) >= 11 is 18.0. The first-order chi connectivity index (χ1) is 13.5. The van der Waals surface area contributed by atoms with Crippen molar-refractivity contribution in [2.45, 2.75) is 12.8 Å². The number of nitrogens with zero attached hydrogens (tertiary/aromatic N) is 2. The number of hydrogen-bond acceptors (Lipinski definition) is 3. The monoisotopic (exact) mass is 437 g/mol. The standard InChI is InChI=1S/C20H18Cl3N3O2/c21-15-6-5-14(18(23)11-15)12-24-25-19(27)13-7-9-26(10-8-13)20(28)16-3-1-2-4-17(16)22/h1-6,11-13H,7-10H2,(H,25,27)/b24-12-. The molecule has 0 aliphatic carbocycles. The minimum Gasteiger partial charge on any atom is -0.339 e. The second kappa shape index (κ2) is 9.41. The van der Waals surface area contributed by atoms with Crippen molar-refractivity contribution in [3.05, 3.63) is 68.7 Å². The van der Waals surface area contributed by atoms with E-state index in [1.165, 1.54) is 6.21 Å². The van der Waals surface area contributed by atoms with E-state index in [-0.39, 0.29) is 17.7 Å². The fraction of sp³-hybridized carbons (Fsp3) is 0.250. The molecule has 1 N–H and O–H groups in total. The number of carbonyl (C=O) groups excluding carboxylic acids is 2. The van der Waals surface area contributed by atoms with Crippen LogP contribution in [0.25, 0.3) is 0 Å². The second-order valence-electron chi connectivity index (χ2n) is 6.45. The second-order valence-corrected chi connectivity index (χ2v) is 7.70. The Morgan fingerprint density at radius 2 is 1.75 bits per heavy atom. The van der Waals surface area contributed by atoms with E-state index < -0.39 is 0 Å². The molecule has 1 aliphatic heterocycles. The fourth-order valence-electron chi connectivity index (χ4n) is 3.01. The molecule has 1 heterocycles. The molecule has 2 aromatic rings. The zero-order chi connectivity index (χ0) is 20.1. The van der Waals surface area contributed by atoms with Crippen molar-refractivity contribution in [2.75, 3.05) is 13.1 Å². The van der Waals surface area contributed by atoms with E-state index in [2.05, 4.69) is 10.5 Å². The third-order valence-electron chi connectivity index (χ3n) is 4.60. The SMILES string of the molecule is O=C(N/N=C\c1ccc(Cl)cc1Cl)C1CCN(C(=O)c2ccccc2Cl)CC1. The van der Waals surface area contributed by atoms with Crippen molar-refractivity contribution in [1.29, 1.82) is 0 Å². The highest BCUT2D eigenvalue weighted by molar-refractivity contribution is 6.36. The smallest absolute Gasteiger partial charge is 0.255 e. The number of halogens is 3. The van der Waals surface area contributed by atoms with Gasteiger partial charge in [0.05, 0.1) is 21.8 Å². The fourth-order valence-corrected chi connectivity index (χ4v) is 3.69. The van der Waals surface area contributed by atoms with Crippen molar-refractivity contribution in [1.82, 2.24) is 10.3 Å². The maximum absolute atomic E-state index is 12.6. The Balaban J connectivity index is 1.52. The highest BCUT2D eigenvalue weighted by Gasteiger charge is 2.28. The third kappa shape index (κ3) is 5.04. The Morgan fingerprint density at radius 1 is 1.04 bits per heavy atom.